The van der Waals surface area contributed by atoms with E-state index < -0.39 is 0 Å². The van der Waals surface area contributed by atoms with Crippen LogP contribution in [0.3, 0.4) is 0 Å². The zero-order valence-corrected chi connectivity index (χ0v) is 9.34. The Morgan fingerprint density at radius 1 is 1.25 bits per heavy atom. The summed E-state index contributed by atoms with van der Waals surface area (Å²) in [6.45, 7) is 2.72. The highest BCUT2D eigenvalue weighted by molar-refractivity contribution is 5.13. The Bertz CT molecular complexity index is 351. The molecule has 1 aromatic carbocycles. The Labute approximate surface area is 95.3 Å². The van der Waals surface area contributed by atoms with Crippen molar-refractivity contribution in [1.29, 1.82) is 0 Å². The van der Waals surface area contributed by atoms with Gasteiger partial charge in [-0.1, -0.05) is 30.3 Å². The van der Waals surface area contributed by atoms with Gasteiger partial charge in [0.25, 0.3) is 0 Å². The SMILES string of the molecule is C[C@H]1C[C@@H](OCc2ccccc2)[C@H]2O[C@H]2O1. The van der Waals surface area contributed by atoms with Crippen molar-refractivity contribution in [3.63, 3.8) is 0 Å². The average Bonchev–Trinajstić information content (AvgIpc) is 3.06. The molecule has 2 saturated heterocycles. The molecule has 2 heterocycles. The van der Waals surface area contributed by atoms with E-state index in [1.165, 1.54) is 5.56 Å². The third kappa shape index (κ3) is 2.12. The minimum absolute atomic E-state index is 0.00970. The Hall–Kier alpha value is -0.900. The van der Waals surface area contributed by atoms with Gasteiger partial charge in [-0.2, -0.15) is 0 Å². The summed E-state index contributed by atoms with van der Waals surface area (Å²) in [7, 11) is 0. The minimum Gasteiger partial charge on any atom is -0.371 e. The lowest BCUT2D eigenvalue weighted by molar-refractivity contribution is -0.0644. The molecule has 4 atom stereocenters. The summed E-state index contributed by atoms with van der Waals surface area (Å²) in [6.07, 6.45) is 1.51. The van der Waals surface area contributed by atoms with E-state index in [0.717, 1.165) is 6.42 Å². The first-order chi connectivity index (χ1) is 7.83. The standard InChI is InChI=1S/C13H16O3/c1-9-7-11(12-13(15-9)16-12)14-8-10-5-3-2-4-6-10/h2-6,9,11-13H,7-8H2,1H3/t9-,11+,12+,13+/m0/s1. The average molecular weight is 220 g/mol. The maximum atomic E-state index is 5.89. The lowest BCUT2D eigenvalue weighted by Gasteiger charge is -2.23. The van der Waals surface area contributed by atoms with Crippen molar-refractivity contribution in [2.24, 2.45) is 0 Å². The van der Waals surface area contributed by atoms with Gasteiger partial charge in [0.2, 0.25) is 0 Å². The third-order valence-corrected chi connectivity index (χ3v) is 3.09. The Kier molecular flexibility index (Phi) is 2.67. The predicted molar refractivity (Wildman–Crippen MR) is 58.8 cm³/mol. The second kappa shape index (κ2) is 4.17. The zero-order valence-electron chi connectivity index (χ0n) is 9.34. The van der Waals surface area contributed by atoms with Crippen molar-refractivity contribution in [3.8, 4) is 0 Å². The van der Waals surface area contributed by atoms with E-state index in [2.05, 4.69) is 19.1 Å². The van der Waals surface area contributed by atoms with Crippen molar-refractivity contribution in [2.45, 2.75) is 44.6 Å². The number of hydrogen-bond donors (Lipinski definition) is 0. The summed E-state index contributed by atoms with van der Waals surface area (Å²) in [5, 5.41) is 0. The Morgan fingerprint density at radius 2 is 2.06 bits per heavy atom. The van der Waals surface area contributed by atoms with Gasteiger partial charge in [-0.15, -0.1) is 0 Å². The number of benzene rings is 1. The molecule has 3 rings (SSSR count). The van der Waals surface area contributed by atoms with Gasteiger partial charge in [-0.25, -0.2) is 0 Å². The van der Waals surface area contributed by atoms with Crippen LogP contribution in [-0.2, 0) is 20.8 Å². The van der Waals surface area contributed by atoms with E-state index in [1.807, 2.05) is 18.2 Å². The van der Waals surface area contributed by atoms with Crippen molar-refractivity contribution >= 4 is 0 Å². The van der Waals surface area contributed by atoms with Crippen molar-refractivity contribution < 1.29 is 14.2 Å². The molecule has 2 aliphatic heterocycles. The van der Waals surface area contributed by atoms with Crippen LogP contribution in [-0.4, -0.2) is 24.6 Å². The summed E-state index contributed by atoms with van der Waals surface area (Å²) in [5.41, 5.74) is 1.21. The molecule has 0 aliphatic carbocycles. The van der Waals surface area contributed by atoms with Gasteiger partial charge in [0.15, 0.2) is 6.29 Å². The second-order valence-electron chi connectivity index (χ2n) is 4.49. The van der Waals surface area contributed by atoms with Crippen LogP contribution in [0.15, 0.2) is 30.3 Å². The molecule has 86 valence electrons. The molecule has 0 bridgehead atoms. The van der Waals surface area contributed by atoms with Crippen molar-refractivity contribution in [2.75, 3.05) is 0 Å². The minimum atomic E-state index is -0.00970. The van der Waals surface area contributed by atoms with Crippen LogP contribution in [0.2, 0.25) is 0 Å². The molecule has 2 fully saturated rings. The van der Waals surface area contributed by atoms with Crippen LogP contribution in [0.5, 0.6) is 0 Å². The third-order valence-electron chi connectivity index (χ3n) is 3.09. The molecule has 0 N–H and O–H groups in total. The number of fused-ring (bicyclic) bond motifs is 1. The summed E-state index contributed by atoms with van der Waals surface area (Å²) < 4.78 is 16.8. The summed E-state index contributed by atoms with van der Waals surface area (Å²) in [6, 6.07) is 10.2. The van der Waals surface area contributed by atoms with Crippen LogP contribution >= 0.6 is 0 Å². The fourth-order valence-electron chi connectivity index (χ4n) is 2.17. The van der Waals surface area contributed by atoms with E-state index in [4.69, 9.17) is 14.2 Å². The van der Waals surface area contributed by atoms with Crippen molar-refractivity contribution in [1.82, 2.24) is 0 Å². The summed E-state index contributed by atoms with van der Waals surface area (Å²) in [4.78, 5) is 0. The van der Waals surface area contributed by atoms with E-state index >= 15 is 0 Å². The van der Waals surface area contributed by atoms with E-state index in [1.54, 1.807) is 0 Å². The molecule has 0 spiro atoms. The lowest BCUT2D eigenvalue weighted by Crippen LogP contribution is -2.33. The second-order valence-corrected chi connectivity index (χ2v) is 4.49. The highest BCUT2D eigenvalue weighted by atomic mass is 16.8. The first kappa shape index (κ1) is 10.3. The molecule has 3 nitrogen and oxygen atoms in total. The first-order valence-electron chi connectivity index (χ1n) is 5.79. The fraction of sp³-hybridized carbons (Fsp3) is 0.538. The summed E-state index contributed by atoms with van der Waals surface area (Å²) >= 11 is 0. The number of ether oxygens (including phenoxy) is 3. The van der Waals surface area contributed by atoms with Crippen LogP contribution < -0.4 is 0 Å². The van der Waals surface area contributed by atoms with Gasteiger partial charge in [0.1, 0.15) is 6.10 Å². The molecular weight excluding hydrogens is 204 g/mol. The van der Waals surface area contributed by atoms with Gasteiger partial charge < -0.3 is 14.2 Å². The van der Waals surface area contributed by atoms with Crippen molar-refractivity contribution in [3.05, 3.63) is 35.9 Å². The molecule has 0 aromatic heterocycles. The summed E-state index contributed by atoms with van der Waals surface area (Å²) in [5.74, 6) is 0. The van der Waals surface area contributed by atoms with Gasteiger partial charge in [0.05, 0.1) is 18.8 Å². The normalized spacial score (nSPS) is 36.8. The number of rotatable bonds is 3. The van der Waals surface area contributed by atoms with E-state index in [-0.39, 0.29) is 24.6 Å². The lowest BCUT2D eigenvalue weighted by atomic mass is 10.1. The van der Waals surface area contributed by atoms with Crippen LogP contribution in [0.1, 0.15) is 18.9 Å². The smallest absolute Gasteiger partial charge is 0.187 e. The maximum Gasteiger partial charge on any atom is 0.187 e. The molecule has 0 amide bonds. The van der Waals surface area contributed by atoms with Gasteiger partial charge >= 0.3 is 0 Å². The molecule has 2 aliphatic rings. The number of hydrogen-bond acceptors (Lipinski definition) is 3. The topological polar surface area (TPSA) is 31.0 Å². The molecule has 1 aromatic rings. The van der Waals surface area contributed by atoms with Crippen LogP contribution in [0.25, 0.3) is 0 Å². The Balaban J connectivity index is 1.55. The van der Waals surface area contributed by atoms with E-state index in [0.29, 0.717) is 6.61 Å². The molecule has 0 radical (unpaired) electrons. The van der Waals surface area contributed by atoms with Gasteiger partial charge in [-0.3, -0.25) is 0 Å². The maximum absolute atomic E-state index is 5.89. The van der Waals surface area contributed by atoms with E-state index in [9.17, 15) is 0 Å². The molecule has 16 heavy (non-hydrogen) atoms. The van der Waals surface area contributed by atoms with Gasteiger partial charge in [0, 0.05) is 6.42 Å². The molecule has 3 heteroatoms. The quantitative estimate of drug-likeness (QED) is 0.731. The predicted octanol–water partition coefficient (Wildman–Crippen LogP) is 2.11. The fourth-order valence-corrected chi connectivity index (χ4v) is 2.17. The highest BCUT2D eigenvalue weighted by Gasteiger charge is 2.51. The molecule has 0 saturated carbocycles. The largest absolute Gasteiger partial charge is 0.371 e. The highest BCUT2D eigenvalue weighted by Crippen LogP contribution is 2.37. The first-order valence-corrected chi connectivity index (χ1v) is 5.79. The number of epoxide rings is 1. The molecule has 0 unspecified atom stereocenters. The van der Waals surface area contributed by atoms with Crippen LogP contribution in [0, 0.1) is 0 Å². The zero-order chi connectivity index (χ0) is 11.0. The Morgan fingerprint density at radius 3 is 2.88 bits per heavy atom. The molecular formula is C13H16O3. The van der Waals surface area contributed by atoms with Crippen LogP contribution in [0.4, 0.5) is 0 Å². The van der Waals surface area contributed by atoms with Gasteiger partial charge in [-0.05, 0) is 12.5 Å². The monoisotopic (exact) mass is 220 g/mol.